The normalized spacial score (nSPS) is 31.1. The van der Waals surface area contributed by atoms with Gasteiger partial charge in [-0.1, -0.05) is 18.5 Å². The summed E-state index contributed by atoms with van der Waals surface area (Å²) in [6, 6.07) is 2.96. The number of benzene rings is 1. The van der Waals surface area contributed by atoms with Crippen molar-refractivity contribution < 1.29 is 18.7 Å². The lowest BCUT2D eigenvalue weighted by Crippen LogP contribution is -2.29. The molecule has 1 aliphatic carbocycles. The Morgan fingerprint density at radius 2 is 1.86 bits per heavy atom. The summed E-state index contributed by atoms with van der Waals surface area (Å²) < 4.78 is 20.4. The van der Waals surface area contributed by atoms with Gasteiger partial charge in [0.15, 0.2) is 11.6 Å². The molecule has 2 aliphatic heterocycles. The van der Waals surface area contributed by atoms with Crippen molar-refractivity contribution in [2.75, 3.05) is 0 Å². The molecule has 2 aromatic rings. The van der Waals surface area contributed by atoms with Gasteiger partial charge in [-0.05, 0) is 43.9 Å². The molecule has 7 heteroatoms. The molecule has 5 rings (SSSR count). The van der Waals surface area contributed by atoms with E-state index in [0.29, 0.717) is 33.3 Å². The number of thiazole rings is 1. The Kier molecular flexibility index (Phi) is 4.23. The number of carbonyl (C=O) groups is 2. The molecule has 0 N–H and O–H groups in total. The number of halogens is 2. The minimum Gasteiger partial charge on any atom is -0.373 e. The third-order valence-corrected chi connectivity index (χ3v) is 7.74. The van der Waals surface area contributed by atoms with Crippen LogP contribution >= 0.6 is 22.9 Å². The van der Waals surface area contributed by atoms with Gasteiger partial charge >= 0.3 is 0 Å². The predicted octanol–water partition coefficient (Wildman–Crippen LogP) is 4.50. The third-order valence-electron chi connectivity index (χ3n) is 6.29. The van der Waals surface area contributed by atoms with Gasteiger partial charge in [0.2, 0.25) is 0 Å². The first-order valence-corrected chi connectivity index (χ1v) is 10.8. The number of rotatable bonds is 3. The molecule has 0 radical (unpaired) electrons. The molecule has 3 heterocycles. The van der Waals surface area contributed by atoms with E-state index in [2.05, 4.69) is 4.98 Å². The second-order valence-electron chi connectivity index (χ2n) is 7.84. The van der Waals surface area contributed by atoms with E-state index in [-0.39, 0.29) is 35.6 Å². The molecule has 0 amide bonds. The number of carbonyl (C=O) groups excluding carboxylic acids is 2. The van der Waals surface area contributed by atoms with Crippen molar-refractivity contribution in [2.45, 2.75) is 51.2 Å². The predicted molar refractivity (Wildman–Crippen MR) is 104 cm³/mol. The summed E-state index contributed by atoms with van der Waals surface area (Å²) in [5.41, 5.74) is 1.58. The number of hydrogen-bond acceptors (Lipinski definition) is 5. The standard InChI is InChI=1S/C21H19ClFNO3S/c1-3-13-18(24-21(28-13)14-8(2)6-9(22)7-10(14)23)17-19(25)15-11-4-5-12(27-11)16(15)20(17)26/h6-7,11-12,15-17H,3-5H2,1-2H3/t11?,12?,15-,16+,17?. The van der Waals surface area contributed by atoms with E-state index in [1.165, 1.54) is 17.4 Å². The highest BCUT2D eigenvalue weighted by atomic mass is 35.5. The van der Waals surface area contributed by atoms with Crippen LogP contribution in [0.2, 0.25) is 5.02 Å². The number of nitrogens with zero attached hydrogens (tertiary/aromatic N) is 1. The lowest BCUT2D eigenvalue weighted by Gasteiger charge is -2.16. The first-order valence-electron chi connectivity index (χ1n) is 9.59. The zero-order valence-corrected chi connectivity index (χ0v) is 17.1. The second-order valence-corrected chi connectivity index (χ2v) is 9.36. The average Bonchev–Trinajstić information content (AvgIpc) is 3.37. The number of Topliss-reactive ketones (excluding diaryl/α,β-unsaturated/α-hetero) is 2. The maximum atomic E-state index is 14.6. The van der Waals surface area contributed by atoms with Crippen LogP contribution in [0, 0.1) is 24.6 Å². The van der Waals surface area contributed by atoms with E-state index in [1.807, 2.05) is 6.92 Å². The van der Waals surface area contributed by atoms with Gasteiger partial charge in [0.25, 0.3) is 0 Å². The first-order chi connectivity index (χ1) is 13.4. The number of fused-ring (bicyclic) bond motifs is 5. The fourth-order valence-electron chi connectivity index (χ4n) is 5.12. The van der Waals surface area contributed by atoms with E-state index < -0.39 is 11.7 Å². The van der Waals surface area contributed by atoms with Crippen molar-refractivity contribution >= 4 is 34.5 Å². The Hall–Kier alpha value is -1.63. The number of aryl methyl sites for hydroxylation is 2. The Morgan fingerprint density at radius 3 is 2.43 bits per heavy atom. The maximum Gasteiger partial charge on any atom is 0.155 e. The highest BCUT2D eigenvalue weighted by Crippen LogP contribution is 2.53. The number of aromatic nitrogens is 1. The highest BCUT2D eigenvalue weighted by molar-refractivity contribution is 7.15. The van der Waals surface area contributed by atoms with Crippen LogP contribution in [0.15, 0.2) is 12.1 Å². The lowest BCUT2D eigenvalue weighted by molar-refractivity contribution is -0.127. The molecule has 0 spiro atoms. The summed E-state index contributed by atoms with van der Waals surface area (Å²) in [6.07, 6.45) is 2.06. The van der Waals surface area contributed by atoms with Crippen molar-refractivity contribution in [3.8, 4) is 10.6 Å². The Labute approximate surface area is 171 Å². The van der Waals surface area contributed by atoms with Gasteiger partial charge in [0, 0.05) is 15.5 Å². The highest BCUT2D eigenvalue weighted by Gasteiger charge is 2.63. The molecule has 3 fully saturated rings. The number of ether oxygens (including phenoxy) is 1. The molecule has 3 aliphatic rings. The zero-order valence-electron chi connectivity index (χ0n) is 15.5. The van der Waals surface area contributed by atoms with Crippen molar-refractivity contribution in [2.24, 2.45) is 11.8 Å². The van der Waals surface area contributed by atoms with Gasteiger partial charge in [0.05, 0.1) is 29.7 Å². The minimum absolute atomic E-state index is 0.0675. The second kappa shape index (κ2) is 6.44. The Bertz CT molecular complexity index is 968. The van der Waals surface area contributed by atoms with Crippen LogP contribution < -0.4 is 0 Å². The first kappa shape index (κ1) is 18.4. The molecule has 4 nitrogen and oxygen atoms in total. The topological polar surface area (TPSA) is 56.3 Å². The van der Waals surface area contributed by atoms with Crippen LogP contribution in [0.3, 0.4) is 0 Å². The molecule has 3 unspecified atom stereocenters. The summed E-state index contributed by atoms with van der Waals surface area (Å²) in [4.78, 5) is 31.8. The van der Waals surface area contributed by atoms with Gasteiger partial charge < -0.3 is 4.74 Å². The summed E-state index contributed by atoms with van der Waals surface area (Å²) >= 11 is 7.30. The molecule has 146 valence electrons. The minimum atomic E-state index is -0.836. The van der Waals surface area contributed by atoms with Gasteiger partial charge in [-0.25, -0.2) is 9.37 Å². The van der Waals surface area contributed by atoms with E-state index in [9.17, 15) is 14.0 Å². The van der Waals surface area contributed by atoms with E-state index >= 15 is 0 Å². The van der Waals surface area contributed by atoms with Crippen LogP contribution in [0.25, 0.3) is 10.6 Å². The average molecular weight is 420 g/mol. The summed E-state index contributed by atoms with van der Waals surface area (Å²) in [5, 5.41) is 0.825. The molecule has 28 heavy (non-hydrogen) atoms. The van der Waals surface area contributed by atoms with Crippen LogP contribution in [-0.4, -0.2) is 28.8 Å². The summed E-state index contributed by atoms with van der Waals surface area (Å²) in [5.74, 6) is -2.08. The monoisotopic (exact) mass is 419 g/mol. The molecule has 2 bridgehead atoms. The molecule has 1 aromatic carbocycles. The number of ketones is 2. The summed E-state index contributed by atoms with van der Waals surface area (Å²) in [7, 11) is 0. The lowest BCUT2D eigenvalue weighted by atomic mass is 9.81. The molecule has 1 aromatic heterocycles. The molecule has 2 saturated heterocycles. The van der Waals surface area contributed by atoms with Crippen LogP contribution in [0.4, 0.5) is 4.39 Å². The molecule has 5 atom stereocenters. The van der Waals surface area contributed by atoms with Gasteiger partial charge in [-0.15, -0.1) is 11.3 Å². The molecular formula is C21H19ClFNO3S. The third kappa shape index (κ3) is 2.47. The quantitative estimate of drug-likeness (QED) is 0.687. The van der Waals surface area contributed by atoms with Crippen LogP contribution in [0.5, 0.6) is 0 Å². The van der Waals surface area contributed by atoms with Crippen molar-refractivity contribution in [3.05, 3.63) is 39.1 Å². The van der Waals surface area contributed by atoms with Gasteiger partial charge in [0.1, 0.15) is 16.7 Å². The van der Waals surface area contributed by atoms with E-state index in [4.69, 9.17) is 16.3 Å². The van der Waals surface area contributed by atoms with E-state index in [0.717, 1.165) is 17.7 Å². The fourth-order valence-corrected chi connectivity index (χ4v) is 6.53. The maximum absolute atomic E-state index is 14.6. The van der Waals surface area contributed by atoms with Gasteiger partial charge in [-0.3, -0.25) is 9.59 Å². The number of hydrogen-bond donors (Lipinski definition) is 0. The van der Waals surface area contributed by atoms with Crippen LogP contribution in [0.1, 0.15) is 41.8 Å². The van der Waals surface area contributed by atoms with Gasteiger partial charge in [-0.2, -0.15) is 0 Å². The van der Waals surface area contributed by atoms with Crippen LogP contribution in [-0.2, 0) is 20.7 Å². The Morgan fingerprint density at radius 1 is 1.21 bits per heavy atom. The molecular weight excluding hydrogens is 401 g/mol. The SMILES string of the molecule is CCc1sc(-c2c(C)cc(Cl)cc2F)nc1C1C(=O)[C@@H]2C3CCC(O3)[C@@H]2C1=O. The summed E-state index contributed by atoms with van der Waals surface area (Å²) in [6.45, 7) is 3.74. The van der Waals surface area contributed by atoms with E-state index in [1.54, 1.807) is 13.0 Å². The smallest absolute Gasteiger partial charge is 0.155 e. The fraction of sp³-hybridized carbons (Fsp3) is 0.476. The van der Waals surface area contributed by atoms with Crippen molar-refractivity contribution in [1.82, 2.24) is 4.98 Å². The van der Waals surface area contributed by atoms with Crippen molar-refractivity contribution in [1.29, 1.82) is 0 Å². The Balaban J connectivity index is 1.59. The van der Waals surface area contributed by atoms with Crippen molar-refractivity contribution in [3.63, 3.8) is 0 Å². The largest absolute Gasteiger partial charge is 0.373 e. The molecule has 1 saturated carbocycles. The zero-order chi connectivity index (χ0) is 19.7.